The molecule has 1 radical (unpaired) electrons. The standard InChI is InChI=1S/C19H15/c1-15-7-5-10-17(13-15)19-12-6-11-18(14-19)16-8-3-2-4-9-16/h2-14H,1H2. The van der Waals surface area contributed by atoms with Crippen LogP contribution in [0.5, 0.6) is 0 Å². The highest BCUT2D eigenvalue weighted by molar-refractivity contribution is 5.73. The zero-order valence-corrected chi connectivity index (χ0v) is 10.7. The van der Waals surface area contributed by atoms with Gasteiger partial charge in [0.05, 0.1) is 0 Å². The van der Waals surface area contributed by atoms with Gasteiger partial charge in [0.25, 0.3) is 0 Å². The van der Waals surface area contributed by atoms with Crippen molar-refractivity contribution in [3.05, 3.63) is 91.3 Å². The van der Waals surface area contributed by atoms with Crippen LogP contribution < -0.4 is 0 Å². The highest BCUT2D eigenvalue weighted by Gasteiger charge is 2.01. The van der Waals surface area contributed by atoms with Crippen LogP contribution >= 0.6 is 0 Å². The Morgan fingerprint density at radius 2 is 1.00 bits per heavy atom. The van der Waals surface area contributed by atoms with Crippen molar-refractivity contribution in [3.8, 4) is 22.3 Å². The molecule has 0 aliphatic heterocycles. The van der Waals surface area contributed by atoms with E-state index >= 15 is 0 Å². The van der Waals surface area contributed by atoms with E-state index in [2.05, 4.69) is 67.6 Å². The van der Waals surface area contributed by atoms with Crippen molar-refractivity contribution in [3.63, 3.8) is 0 Å². The first kappa shape index (κ1) is 11.7. The lowest BCUT2D eigenvalue weighted by atomic mass is 9.98. The maximum Gasteiger partial charge on any atom is -0.0178 e. The highest BCUT2D eigenvalue weighted by Crippen LogP contribution is 2.26. The van der Waals surface area contributed by atoms with E-state index < -0.39 is 0 Å². The third-order valence-corrected chi connectivity index (χ3v) is 3.23. The molecular formula is C19H15. The maximum absolute atomic E-state index is 3.99. The average molecular weight is 243 g/mol. The summed E-state index contributed by atoms with van der Waals surface area (Å²) in [6, 6.07) is 27.4. The first-order valence-electron chi connectivity index (χ1n) is 6.41. The van der Waals surface area contributed by atoms with Crippen molar-refractivity contribution < 1.29 is 0 Å². The van der Waals surface area contributed by atoms with E-state index in [9.17, 15) is 0 Å². The van der Waals surface area contributed by atoms with Gasteiger partial charge in [0, 0.05) is 0 Å². The van der Waals surface area contributed by atoms with Crippen molar-refractivity contribution in [1.82, 2.24) is 0 Å². The van der Waals surface area contributed by atoms with E-state index in [-0.39, 0.29) is 0 Å². The largest absolute Gasteiger partial charge is 0.0622 e. The lowest BCUT2D eigenvalue weighted by molar-refractivity contribution is 1.56. The second-order valence-electron chi connectivity index (χ2n) is 4.65. The molecule has 0 aliphatic rings. The molecule has 0 fully saturated rings. The van der Waals surface area contributed by atoms with Gasteiger partial charge in [0.1, 0.15) is 0 Å². The zero-order valence-electron chi connectivity index (χ0n) is 10.7. The van der Waals surface area contributed by atoms with Gasteiger partial charge in [-0.15, -0.1) is 0 Å². The molecule has 0 atom stereocenters. The van der Waals surface area contributed by atoms with Crippen LogP contribution in [0.15, 0.2) is 78.9 Å². The van der Waals surface area contributed by atoms with Gasteiger partial charge in [0.15, 0.2) is 0 Å². The Morgan fingerprint density at radius 1 is 0.474 bits per heavy atom. The minimum absolute atomic E-state index is 1.04. The second-order valence-corrected chi connectivity index (χ2v) is 4.65. The first-order valence-corrected chi connectivity index (χ1v) is 6.41. The van der Waals surface area contributed by atoms with Crippen LogP contribution in [0.3, 0.4) is 0 Å². The molecule has 0 saturated carbocycles. The maximum atomic E-state index is 3.99. The molecule has 0 bridgehead atoms. The minimum Gasteiger partial charge on any atom is -0.0622 e. The van der Waals surface area contributed by atoms with Gasteiger partial charge < -0.3 is 0 Å². The van der Waals surface area contributed by atoms with Crippen molar-refractivity contribution in [2.24, 2.45) is 0 Å². The van der Waals surface area contributed by atoms with Crippen LogP contribution in [0.25, 0.3) is 22.3 Å². The van der Waals surface area contributed by atoms with Gasteiger partial charge in [-0.05, 0) is 40.8 Å². The molecule has 0 aliphatic carbocycles. The molecule has 0 spiro atoms. The molecule has 0 aromatic heterocycles. The van der Waals surface area contributed by atoms with Crippen LogP contribution in [0.1, 0.15) is 5.56 Å². The summed E-state index contributed by atoms with van der Waals surface area (Å²) in [5, 5.41) is 0. The van der Waals surface area contributed by atoms with Crippen LogP contribution in [0.4, 0.5) is 0 Å². The topological polar surface area (TPSA) is 0 Å². The van der Waals surface area contributed by atoms with E-state index in [1.807, 2.05) is 18.2 Å². The molecule has 0 unspecified atom stereocenters. The summed E-state index contributed by atoms with van der Waals surface area (Å²) in [5.74, 6) is 0. The smallest absolute Gasteiger partial charge is 0.0178 e. The van der Waals surface area contributed by atoms with Crippen LogP contribution in [0, 0.1) is 6.92 Å². The Labute approximate surface area is 114 Å². The molecular weight excluding hydrogens is 228 g/mol. The molecule has 3 aromatic carbocycles. The highest BCUT2D eigenvalue weighted by atomic mass is 14.1. The Hall–Kier alpha value is -2.34. The lowest BCUT2D eigenvalue weighted by Gasteiger charge is -2.06. The van der Waals surface area contributed by atoms with E-state index in [0.29, 0.717) is 0 Å². The third-order valence-electron chi connectivity index (χ3n) is 3.23. The number of rotatable bonds is 2. The molecule has 0 heterocycles. The number of benzene rings is 3. The normalized spacial score (nSPS) is 10.4. The summed E-state index contributed by atoms with van der Waals surface area (Å²) in [4.78, 5) is 0. The molecule has 0 nitrogen and oxygen atoms in total. The zero-order chi connectivity index (χ0) is 13.1. The van der Waals surface area contributed by atoms with Crippen molar-refractivity contribution in [2.75, 3.05) is 0 Å². The van der Waals surface area contributed by atoms with Crippen LogP contribution in [0.2, 0.25) is 0 Å². The van der Waals surface area contributed by atoms with Crippen LogP contribution in [-0.2, 0) is 0 Å². The summed E-state index contributed by atoms with van der Waals surface area (Å²) >= 11 is 0. The van der Waals surface area contributed by atoms with E-state index in [4.69, 9.17) is 0 Å². The molecule has 19 heavy (non-hydrogen) atoms. The fraction of sp³-hybridized carbons (Fsp3) is 0. The van der Waals surface area contributed by atoms with Gasteiger partial charge in [-0.1, -0.05) is 72.8 Å². The second kappa shape index (κ2) is 5.11. The quantitative estimate of drug-likeness (QED) is 0.580. The van der Waals surface area contributed by atoms with E-state index in [0.717, 1.165) is 5.56 Å². The van der Waals surface area contributed by atoms with Gasteiger partial charge >= 0.3 is 0 Å². The molecule has 3 aromatic rings. The van der Waals surface area contributed by atoms with Gasteiger partial charge in [-0.25, -0.2) is 0 Å². The average Bonchev–Trinajstić information content (AvgIpc) is 2.48. The predicted octanol–water partition coefficient (Wildman–Crippen LogP) is 5.20. The minimum atomic E-state index is 1.04. The summed E-state index contributed by atoms with van der Waals surface area (Å²) in [5.41, 5.74) is 5.97. The summed E-state index contributed by atoms with van der Waals surface area (Å²) in [6.45, 7) is 3.99. The number of hydrogen-bond donors (Lipinski definition) is 0. The van der Waals surface area contributed by atoms with Crippen molar-refractivity contribution in [1.29, 1.82) is 0 Å². The Kier molecular flexibility index (Phi) is 3.16. The van der Waals surface area contributed by atoms with Crippen molar-refractivity contribution in [2.45, 2.75) is 0 Å². The molecule has 0 amide bonds. The molecule has 0 N–H and O–H groups in total. The van der Waals surface area contributed by atoms with E-state index in [1.54, 1.807) is 0 Å². The fourth-order valence-corrected chi connectivity index (χ4v) is 2.26. The molecule has 91 valence electrons. The third kappa shape index (κ3) is 2.58. The fourth-order valence-electron chi connectivity index (χ4n) is 2.26. The summed E-state index contributed by atoms with van der Waals surface area (Å²) in [6.07, 6.45) is 0. The van der Waals surface area contributed by atoms with Gasteiger partial charge in [-0.2, -0.15) is 0 Å². The molecule has 3 rings (SSSR count). The SMILES string of the molecule is [CH2]c1cccc(-c2cccc(-c3ccccc3)c2)c1. The molecule has 0 saturated heterocycles. The van der Waals surface area contributed by atoms with Gasteiger partial charge in [-0.3, -0.25) is 0 Å². The molecule has 0 heteroatoms. The Bertz CT molecular complexity index is 681. The Balaban J connectivity index is 2.06. The summed E-state index contributed by atoms with van der Waals surface area (Å²) in [7, 11) is 0. The number of hydrogen-bond acceptors (Lipinski definition) is 0. The van der Waals surface area contributed by atoms with Crippen LogP contribution in [-0.4, -0.2) is 0 Å². The monoisotopic (exact) mass is 243 g/mol. The lowest BCUT2D eigenvalue weighted by Crippen LogP contribution is -1.82. The van der Waals surface area contributed by atoms with Gasteiger partial charge in [0.2, 0.25) is 0 Å². The van der Waals surface area contributed by atoms with E-state index in [1.165, 1.54) is 22.3 Å². The van der Waals surface area contributed by atoms with Crippen molar-refractivity contribution >= 4 is 0 Å². The predicted molar refractivity (Wildman–Crippen MR) is 81.8 cm³/mol. The first-order chi connectivity index (χ1) is 9.33. The summed E-state index contributed by atoms with van der Waals surface area (Å²) < 4.78 is 0. The Morgan fingerprint density at radius 3 is 1.68 bits per heavy atom.